The number of hydrogen-bond donors (Lipinski definition) is 2. The van der Waals surface area contributed by atoms with Crippen molar-refractivity contribution < 1.29 is 17.9 Å². The maximum absolute atomic E-state index is 12.4. The zero-order valence-corrected chi connectivity index (χ0v) is 17.4. The third-order valence-electron chi connectivity index (χ3n) is 4.75. The number of hydrogen-bond acceptors (Lipinski definition) is 5. The highest BCUT2D eigenvalue weighted by atomic mass is 32.2. The highest BCUT2D eigenvalue weighted by molar-refractivity contribution is 7.92. The summed E-state index contributed by atoms with van der Waals surface area (Å²) in [7, 11) is -3.33. The molecule has 2 aromatic rings. The van der Waals surface area contributed by atoms with Crippen LogP contribution in [0.5, 0.6) is 0 Å². The van der Waals surface area contributed by atoms with Crippen molar-refractivity contribution in [2.24, 2.45) is 0 Å². The average molecular weight is 418 g/mol. The molecule has 29 heavy (non-hydrogen) atoms. The van der Waals surface area contributed by atoms with Crippen molar-refractivity contribution in [3.05, 3.63) is 65.2 Å². The number of morpholine rings is 1. The predicted molar refractivity (Wildman–Crippen MR) is 113 cm³/mol. The molecule has 0 atom stereocenters. The summed E-state index contributed by atoms with van der Waals surface area (Å²) in [6, 6.07) is 14.6. The van der Waals surface area contributed by atoms with E-state index in [1.807, 2.05) is 12.1 Å². The Balaban J connectivity index is 1.54. The molecule has 0 spiro atoms. The van der Waals surface area contributed by atoms with Crippen LogP contribution in [-0.4, -0.2) is 51.3 Å². The molecule has 1 saturated heterocycles. The second-order valence-corrected chi connectivity index (χ2v) is 8.98. The molecule has 2 N–H and O–H groups in total. The maximum atomic E-state index is 12.4. The van der Waals surface area contributed by atoms with Crippen molar-refractivity contribution in [2.75, 3.05) is 36.8 Å². The summed E-state index contributed by atoms with van der Waals surface area (Å²) in [6.07, 6.45) is 0. The van der Waals surface area contributed by atoms with Gasteiger partial charge >= 0.3 is 0 Å². The van der Waals surface area contributed by atoms with E-state index in [0.29, 0.717) is 17.8 Å². The van der Waals surface area contributed by atoms with Gasteiger partial charge in [0.25, 0.3) is 5.91 Å². The number of carbonyl (C=O) groups is 1. The van der Waals surface area contributed by atoms with E-state index in [4.69, 9.17) is 4.74 Å². The van der Waals surface area contributed by atoms with Gasteiger partial charge in [-0.1, -0.05) is 24.3 Å². The summed E-state index contributed by atoms with van der Waals surface area (Å²) in [5, 5.41) is 2.91. The molecule has 1 aliphatic heterocycles. The topological polar surface area (TPSA) is 87.7 Å². The van der Waals surface area contributed by atoms with E-state index in [-0.39, 0.29) is 11.7 Å². The molecule has 7 nitrogen and oxygen atoms in total. The molecule has 8 heteroatoms. The SMILES string of the molecule is CCS(=O)(=O)Nc1ccc(C(=O)NCc2cccc(CN3CCOCC3)c2)cc1. The van der Waals surface area contributed by atoms with Crippen molar-refractivity contribution in [3.63, 3.8) is 0 Å². The van der Waals surface area contributed by atoms with Crippen LogP contribution >= 0.6 is 0 Å². The predicted octanol–water partition coefficient (Wildman–Crippen LogP) is 2.21. The first-order valence-electron chi connectivity index (χ1n) is 9.72. The smallest absolute Gasteiger partial charge is 0.251 e. The van der Waals surface area contributed by atoms with E-state index < -0.39 is 10.0 Å². The quantitative estimate of drug-likeness (QED) is 0.688. The normalized spacial score (nSPS) is 15.1. The number of benzene rings is 2. The summed E-state index contributed by atoms with van der Waals surface area (Å²) in [5.41, 5.74) is 3.18. The summed E-state index contributed by atoms with van der Waals surface area (Å²) in [5.74, 6) is -0.201. The minimum Gasteiger partial charge on any atom is -0.379 e. The van der Waals surface area contributed by atoms with Gasteiger partial charge < -0.3 is 10.1 Å². The zero-order chi connectivity index (χ0) is 20.7. The number of nitrogens with one attached hydrogen (secondary N) is 2. The first-order valence-corrected chi connectivity index (χ1v) is 11.4. The standard InChI is InChI=1S/C21H27N3O4S/c1-2-29(26,27)23-20-8-6-19(7-9-20)21(25)22-15-17-4-3-5-18(14-17)16-24-10-12-28-13-11-24/h3-9,14,23H,2,10-13,15-16H2,1H3,(H,22,25). The summed E-state index contributed by atoms with van der Waals surface area (Å²) >= 11 is 0. The third kappa shape index (κ3) is 6.56. The van der Waals surface area contributed by atoms with E-state index >= 15 is 0 Å². The van der Waals surface area contributed by atoms with Crippen LogP contribution in [0.25, 0.3) is 0 Å². The van der Waals surface area contributed by atoms with Crippen LogP contribution in [0.2, 0.25) is 0 Å². The highest BCUT2D eigenvalue weighted by Crippen LogP contribution is 2.13. The first kappa shape index (κ1) is 21.3. The second-order valence-electron chi connectivity index (χ2n) is 6.97. The Morgan fingerprint density at radius 2 is 1.76 bits per heavy atom. The van der Waals surface area contributed by atoms with Gasteiger partial charge in [-0.2, -0.15) is 0 Å². The van der Waals surface area contributed by atoms with E-state index in [9.17, 15) is 13.2 Å². The lowest BCUT2D eigenvalue weighted by Crippen LogP contribution is -2.35. The lowest BCUT2D eigenvalue weighted by atomic mass is 10.1. The molecule has 1 aliphatic rings. The molecule has 0 aliphatic carbocycles. The molecular weight excluding hydrogens is 390 g/mol. The summed E-state index contributed by atoms with van der Waals surface area (Å²) in [4.78, 5) is 14.8. The summed E-state index contributed by atoms with van der Waals surface area (Å²) in [6.45, 7) is 6.29. The van der Waals surface area contributed by atoms with Crippen molar-refractivity contribution in [2.45, 2.75) is 20.0 Å². The molecule has 0 aromatic heterocycles. The molecule has 0 radical (unpaired) electrons. The van der Waals surface area contributed by atoms with Crippen LogP contribution in [0, 0.1) is 0 Å². The number of ether oxygens (including phenoxy) is 1. The lowest BCUT2D eigenvalue weighted by Gasteiger charge is -2.26. The van der Waals surface area contributed by atoms with Crippen molar-refractivity contribution >= 4 is 21.6 Å². The number of rotatable bonds is 8. The number of nitrogens with zero attached hydrogens (tertiary/aromatic N) is 1. The van der Waals surface area contributed by atoms with Crippen LogP contribution < -0.4 is 10.0 Å². The maximum Gasteiger partial charge on any atom is 0.251 e. The van der Waals surface area contributed by atoms with E-state index in [2.05, 4.69) is 27.1 Å². The number of amides is 1. The Labute approximate surface area is 172 Å². The van der Waals surface area contributed by atoms with E-state index in [1.165, 1.54) is 5.56 Å². The van der Waals surface area contributed by atoms with Crippen LogP contribution in [0.15, 0.2) is 48.5 Å². The molecule has 3 rings (SSSR count). The number of carbonyl (C=O) groups excluding carboxylic acids is 1. The molecule has 156 valence electrons. The van der Waals surface area contributed by atoms with Gasteiger partial charge in [-0.05, 0) is 42.3 Å². The molecule has 0 saturated carbocycles. The highest BCUT2D eigenvalue weighted by Gasteiger charge is 2.12. The van der Waals surface area contributed by atoms with Gasteiger partial charge in [0.05, 0.1) is 19.0 Å². The Morgan fingerprint density at radius 1 is 1.07 bits per heavy atom. The number of sulfonamides is 1. The minimum absolute atomic E-state index is 0.000160. The minimum atomic E-state index is -3.33. The first-order chi connectivity index (χ1) is 13.9. The Hall–Kier alpha value is -2.42. The Morgan fingerprint density at radius 3 is 2.45 bits per heavy atom. The lowest BCUT2D eigenvalue weighted by molar-refractivity contribution is 0.0342. The molecule has 1 fully saturated rings. The average Bonchev–Trinajstić information content (AvgIpc) is 2.73. The monoisotopic (exact) mass is 417 g/mol. The van der Waals surface area contributed by atoms with Crippen LogP contribution in [0.4, 0.5) is 5.69 Å². The van der Waals surface area contributed by atoms with Crippen LogP contribution in [-0.2, 0) is 27.8 Å². The third-order valence-corrected chi connectivity index (χ3v) is 6.06. The van der Waals surface area contributed by atoms with Crippen molar-refractivity contribution in [3.8, 4) is 0 Å². The largest absolute Gasteiger partial charge is 0.379 e. The fraction of sp³-hybridized carbons (Fsp3) is 0.381. The van der Waals surface area contributed by atoms with Gasteiger partial charge in [-0.15, -0.1) is 0 Å². The molecule has 1 heterocycles. The second kappa shape index (κ2) is 9.87. The van der Waals surface area contributed by atoms with Gasteiger partial charge in [0.2, 0.25) is 10.0 Å². The Bertz CT molecular complexity index is 923. The van der Waals surface area contributed by atoms with E-state index in [0.717, 1.165) is 38.4 Å². The molecule has 0 unspecified atom stereocenters. The van der Waals surface area contributed by atoms with Gasteiger partial charge in [0, 0.05) is 37.4 Å². The Kier molecular flexibility index (Phi) is 7.24. The van der Waals surface area contributed by atoms with Gasteiger partial charge in [-0.25, -0.2) is 8.42 Å². The zero-order valence-electron chi connectivity index (χ0n) is 16.6. The van der Waals surface area contributed by atoms with Crippen LogP contribution in [0.3, 0.4) is 0 Å². The fourth-order valence-electron chi connectivity index (χ4n) is 3.08. The van der Waals surface area contributed by atoms with E-state index in [1.54, 1.807) is 31.2 Å². The summed E-state index contributed by atoms with van der Waals surface area (Å²) < 4.78 is 31.0. The molecular formula is C21H27N3O4S. The molecule has 1 amide bonds. The van der Waals surface area contributed by atoms with Crippen LogP contribution in [0.1, 0.15) is 28.4 Å². The van der Waals surface area contributed by atoms with Gasteiger partial charge in [0.1, 0.15) is 0 Å². The van der Waals surface area contributed by atoms with Crippen molar-refractivity contribution in [1.82, 2.24) is 10.2 Å². The molecule has 0 bridgehead atoms. The van der Waals surface area contributed by atoms with Crippen molar-refractivity contribution in [1.29, 1.82) is 0 Å². The fourth-order valence-corrected chi connectivity index (χ4v) is 3.72. The van der Waals surface area contributed by atoms with Gasteiger partial charge in [-0.3, -0.25) is 14.4 Å². The number of anilines is 1. The molecule has 2 aromatic carbocycles. The van der Waals surface area contributed by atoms with Gasteiger partial charge in [0.15, 0.2) is 0 Å².